The van der Waals surface area contributed by atoms with Crippen molar-refractivity contribution >= 4 is 0 Å². The molecule has 102 valence electrons. The molecule has 1 aliphatic rings. The molecule has 0 bridgehead atoms. The van der Waals surface area contributed by atoms with Gasteiger partial charge in [-0.15, -0.1) is 0 Å². The molecule has 1 rings (SSSR count). The third-order valence-electron chi connectivity index (χ3n) is 4.33. The zero-order valence-electron chi connectivity index (χ0n) is 12.7. The van der Waals surface area contributed by atoms with Crippen molar-refractivity contribution in [2.24, 2.45) is 11.3 Å². The molecule has 0 heterocycles. The molecule has 0 aliphatic heterocycles. The molecule has 0 saturated heterocycles. The fourth-order valence-corrected chi connectivity index (χ4v) is 3.53. The number of nitrogens with one attached hydrogen (secondary N) is 1. The van der Waals surface area contributed by atoms with Gasteiger partial charge in [0.25, 0.3) is 0 Å². The number of rotatable bonds is 7. The van der Waals surface area contributed by atoms with Gasteiger partial charge in [0.05, 0.1) is 0 Å². The minimum atomic E-state index is 0.554. The third kappa shape index (κ3) is 4.99. The second-order valence-corrected chi connectivity index (χ2v) is 6.95. The molecule has 1 fully saturated rings. The number of unbranched alkanes of at least 4 members (excludes halogenated alkanes) is 1. The molecule has 3 unspecified atom stereocenters. The van der Waals surface area contributed by atoms with Crippen molar-refractivity contribution in [1.29, 1.82) is 0 Å². The first kappa shape index (κ1) is 15.0. The maximum Gasteiger partial charge on any atom is 0.0101 e. The van der Waals surface area contributed by atoms with E-state index in [1.807, 2.05) is 0 Å². The van der Waals surface area contributed by atoms with Gasteiger partial charge in [0.15, 0.2) is 0 Å². The van der Waals surface area contributed by atoms with Gasteiger partial charge >= 0.3 is 0 Å². The van der Waals surface area contributed by atoms with Crippen LogP contribution < -0.4 is 5.32 Å². The van der Waals surface area contributed by atoms with E-state index in [0.717, 1.165) is 18.0 Å². The van der Waals surface area contributed by atoms with Crippen molar-refractivity contribution in [3.8, 4) is 0 Å². The second kappa shape index (κ2) is 6.78. The second-order valence-electron chi connectivity index (χ2n) is 6.95. The molecule has 0 aromatic carbocycles. The van der Waals surface area contributed by atoms with E-state index in [1.165, 1.54) is 44.9 Å². The lowest BCUT2D eigenvalue weighted by molar-refractivity contribution is 0.329. The zero-order valence-corrected chi connectivity index (χ0v) is 12.7. The maximum absolute atomic E-state index is 3.96. The first-order valence-corrected chi connectivity index (χ1v) is 7.74. The van der Waals surface area contributed by atoms with Crippen molar-refractivity contribution < 1.29 is 0 Å². The van der Waals surface area contributed by atoms with Crippen molar-refractivity contribution in [3.05, 3.63) is 0 Å². The predicted molar refractivity (Wildman–Crippen MR) is 77.3 cm³/mol. The van der Waals surface area contributed by atoms with Crippen LogP contribution in [0.4, 0.5) is 0 Å². The fraction of sp³-hybridized carbons (Fsp3) is 1.00. The average Bonchev–Trinajstić information content (AvgIpc) is 2.49. The molecule has 17 heavy (non-hydrogen) atoms. The summed E-state index contributed by atoms with van der Waals surface area (Å²) in [6.45, 7) is 11.9. The van der Waals surface area contributed by atoms with Crippen LogP contribution in [-0.4, -0.2) is 12.1 Å². The van der Waals surface area contributed by atoms with Gasteiger partial charge in [-0.2, -0.15) is 0 Å². The van der Waals surface area contributed by atoms with Crippen LogP contribution in [0.2, 0.25) is 0 Å². The van der Waals surface area contributed by atoms with E-state index in [9.17, 15) is 0 Å². The van der Waals surface area contributed by atoms with E-state index in [1.54, 1.807) is 0 Å². The molecular weight excluding hydrogens is 206 g/mol. The Morgan fingerprint density at radius 1 is 1.12 bits per heavy atom. The van der Waals surface area contributed by atoms with Gasteiger partial charge in [-0.05, 0) is 37.0 Å². The molecule has 1 N–H and O–H groups in total. The lowest BCUT2D eigenvalue weighted by atomic mass is 9.91. The van der Waals surface area contributed by atoms with Crippen LogP contribution in [0, 0.1) is 11.3 Å². The number of hydrogen-bond acceptors (Lipinski definition) is 1. The Balaban J connectivity index is 2.43. The van der Waals surface area contributed by atoms with Gasteiger partial charge in [0, 0.05) is 12.1 Å². The summed E-state index contributed by atoms with van der Waals surface area (Å²) in [4.78, 5) is 0. The van der Waals surface area contributed by atoms with Gasteiger partial charge in [0.1, 0.15) is 0 Å². The standard InChI is InChI=1S/C16H33N/c1-6-8-10-14(9-7-2)17-15-12-16(4,5)11-13(15)3/h13-15,17H,6-12H2,1-5H3. The normalized spacial score (nSPS) is 29.5. The highest BCUT2D eigenvalue weighted by Crippen LogP contribution is 2.41. The van der Waals surface area contributed by atoms with E-state index in [-0.39, 0.29) is 0 Å². The molecule has 0 aromatic rings. The molecule has 0 spiro atoms. The highest BCUT2D eigenvalue weighted by atomic mass is 15.0. The lowest BCUT2D eigenvalue weighted by Gasteiger charge is -2.26. The molecule has 0 amide bonds. The molecule has 1 nitrogen and oxygen atoms in total. The first-order valence-electron chi connectivity index (χ1n) is 7.74. The van der Waals surface area contributed by atoms with E-state index in [2.05, 4.69) is 39.9 Å². The summed E-state index contributed by atoms with van der Waals surface area (Å²) < 4.78 is 0. The molecule has 1 saturated carbocycles. The van der Waals surface area contributed by atoms with E-state index >= 15 is 0 Å². The van der Waals surface area contributed by atoms with Crippen LogP contribution in [0.1, 0.15) is 79.6 Å². The van der Waals surface area contributed by atoms with Gasteiger partial charge in [0.2, 0.25) is 0 Å². The van der Waals surface area contributed by atoms with Crippen molar-refractivity contribution in [3.63, 3.8) is 0 Å². The Morgan fingerprint density at radius 2 is 1.82 bits per heavy atom. The quantitative estimate of drug-likeness (QED) is 0.675. The van der Waals surface area contributed by atoms with E-state index in [0.29, 0.717) is 5.41 Å². The third-order valence-corrected chi connectivity index (χ3v) is 4.33. The van der Waals surface area contributed by atoms with E-state index in [4.69, 9.17) is 0 Å². The van der Waals surface area contributed by atoms with Crippen molar-refractivity contribution in [2.75, 3.05) is 0 Å². The van der Waals surface area contributed by atoms with Gasteiger partial charge in [-0.25, -0.2) is 0 Å². The summed E-state index contributed by atoms with van der Waals surface area (Å²) >= 11 is 0. The molecule has 1 aliphatic carbocycles. The van der Waals surface area contributed by atoms with Crippen LogP contribution in [0.25, 0.3) is 0 Å². The summed E-state index contributed by atoms with van der Waals surface area (Å²) in [6, 6.07) is 1.53. The minimum absolute atomic E-state index is 0.554. The Labute approximate surface area is 109 Å². The van der Waals surface area contributed by atoms with Crippen LogP contribution in [0.5, 0.6) is 0 Å². The Morgan fingerprint density at radius 3 is 2.29 bits per heavy atom. The van der Waals surface area contributed by atoms with Gasteiger partial charge in [-0.3, -0.25) is 0 Å². The fourth-order valence-electron chi connectivity index (χ4n) is 3.53. The topological polar surface area (TPSA) is 12.0 Å². The van der Waals surface area contributed by atoms with Crippen molar-refractivity contribution in [1.82, 2.24) is 5.32 Å². The summed E-state index contributed by atoms with van der Waals surface area (Å²) in [7, 11) is 0. The predicted octanol–water partition coefficient (Wildman–Crippen LogP) is 4.76. The monoisotopic (exact) mass is 239 g/mol. The Kier molecular flexibility index (Phi) is 5.99. The molecule has 0 aromatic heterocycles. The zero-order chi connectivity index (χ0) is 12.9. The molecular formula is C16H33N. The van der Waals surface area contributed by atoms with Gasteiger partial charge < -0.3 is 5.32 Å². The lowest BCUT2D eigenvalue weighted by Crippen LogP contribution is -2.40. The van der Waals surface area contributed by atoms with Crippen LogP contribution >= 0.6 is 0 Å². The van der Waals surface area contributed by atoms with E-state index < -0.39 is 0 Å². The molecule has 0 radical (unpaired) electrons. The van der Waals surface area contributed by atoms with Crippen LogP contribution in [0.15, 0.2) is 0 Å². The molecule has 3 atom stereocenters. The summed E-state index contributed by atoms with van der Waals surface area (Å²) in [5.74, 6) is 0.853. The molecule has 1 heteroatoms. The smallest absolute Gasteiger partial charge is 0.0101 e. The highest BCUT2D eigenvalue weighted by Gasteiger charge is 2.37. The number of hydrogen-bond donors (Lipinski definition) is 1. The van der Waals surface area contributed by atoms with Crippen molar-refractivity contribution in [2.45, 2.75) is 91.6 Å². The average molecular weight is 239 g/mol. The first-order chi connectivity index (χ1) is 7.98. The summed E-state index contributed by atoms with van der Waals surface area (Å²) in [6.07, 6.45) is 9.48. The summed E-state index contributed by atoms with van der Waals surface area (Å²) in [5.41, 5.74) is 0.554. The minimum Gasteiger partial charge on any atom is -0.311 e. The highest BCUT2D eigenvalue weighted by molar-refractivity contribution is 4.92. The SMILES string of the molecule is CCCCC(CCC)NC1CC(C)(C)CC1C. The largest absolute Gasteiger partial charge is 0.311 e. The summed E-state index contributed by atoms with van der Waals surface area (Å²) in [5, 5.41) is 3.96. The Hall–Kier alpha value is -0.0400. The van der Waals surface area contributed by atoms with Gasteiger partial charge in [-0.1, -0.05) is 53.9 Å². The maximum atomic E-state index is 3.96. The van der Waals surface area contributed by atoms with Crippen LogP contribution in [-0.2, 0) is 0 Å². The van der Waals surface area contributed by atoms with Crippen LogP contribution in [0.3, 0.4) is 0 Å². The Bertz CT molecular complexity index is 210.